The lowest BCUT2D eigenvalue weighted by Crippen LogP contribution is -2.10. The van der Waals surface area contributed by atoms with Crippen molar-refractivity contribution in [3.8, 4) is 0 Å². The van der Waals surface area contributed by atoms with Gasteiger partial charge in [-0.3, -0.25) is 9.78 Å². The number of nitrogens with one attached hydrogen (secondary N) is 2. The number of H-pyrrole nitrogens is 1. The number of hydrogen-bond donors (Lipinski definition) is 2. The Morgan fingerprint density at radius 3 is 3.14 bits per heavy atom. The molecule has 76 valence electrons. The van der Waals surface area contributed by atoms with E-state index in [2.05, 4.69) is 27.4 Å². The zero-order valence-electron chi connectivity index (χ0n) is 8.37. The first-order chi connectivity index (χ1) is 6.72. The van der Waals surface area contributed by atoms with E-state index in [4.69, 9.17) is 0 Å². The topological polar surface area (TPSA) is 70.1 Å². The molecular weight excluding hydrogens is 180 g/mol. The van der Waals surface area contributed by atoms with Gasteiger partial charge in [0, 0.05) is 18.0 Å². The molecule has 0 amide bonds. The second-order valence-corrected chi connectivity index (χ2v) is 2.95. The van der Waals surface area contributed by atoms with Gasteiger partial charge in [-0.2, -0.15) is 5.10 Å². The molecule has 0 unspecified atom stereocenters. The van der Waals surface area contributed by atoms with Crippen LogP contribution in [0.5, 0.6) is 0 Å². The van der Waals surface area contributed by atoms with E-state index in [1.807, 2.05) is 0 Å². The van der Waals surface area contributed by atoms with E-state index in [9.17, 15) is 4.79 Å². The molecule has 0 radical (unpaired) electrons. The van der Waals surface area contributed by atoms with Gasteiger partial charge in [-0.05, 0) is 13.3 Å². The first kappa shape index (κ1) is 10.4. The summed E-state index contributed by atoms with van der Waals surface area (Å²) in [5, 5.41) is 3.91. The van der Waals surface area contributed by atoms with Crippen LogP contribution in [-0.2, 0) is 0 Å². The average Bonchev–Trinajstić information content (AvgIpc) is 2.11. The highest BCUT2D eigenvalue weighted by Gasteiger charge is 1.94. The van der Waals surface area contributed by atoms with E-state index in [1.54, 1.807) is 13.1 Å². The number of hydrogen-bond acceptors (Lipinski definition) is 4. The van der Waals surface area contributed by atoms with Crippen molar-refractivity contribution in [2.24, 2.45) is 5.10 Å². The number of hydrazone groups is 1. The molecule has 0 aliphatic heterocycles. The molecule has 0 atom stereocenters. The standard InChI is InChI=1S/C9H14N4O/c1-3-4-5-10-13-9-11-7(2)6-8(14)12-9/h5-6H,3-4H2,1-2H3,(H2,11,12,13,14)/b10-5+. The molecule has 5 nitrogen and oxygen atoms in total. The molecule has 0 fully saturated rings. The maximum atomic E-state index is 11.0. The van der Waals surface area contributed by atoms with Crippen molar-refractivity contribution >= 4 is 12.2 Å². The van der Waals surface area contributed by atoms with Gasteiger partial charge in [-0.25, -0.2) is 10.4 Å². The van der Waals surface area contributed by atoms with Gasteiger partial charge < -0.3 is 0 Å². The van der Waals surface area contributed by atoms with Gasteiger partial charge in [-0.15, -0.1) is 0 Å². The third-order valence-corrected chi connectivity index (χ3v) is 1.55. The molecule has 1 rings (SSSR count). The third-order valence-electron chi connectivity index (χ3n) is 1.55. The fourth-order valence-electron chi connectivity index (χ4n) is 0.932. The molecule has 0 aliphatic carbocycles. The third kappa shape index (κ3) is 3.38. The molecule has 0 spiro atoms. The minimum Gasteiger partial charge on any atom is -0.291 e. The number of rotatable bonds is 4. The van der Waals surface area contributed by atoms with E-state index in [0.717, 1.165) is 12.8 Å². The van der Waals surface area contributed by atoms with Gasteiger partial charge in [0.1, 0.15) is 0 Å². The molecule has 5 heteroatoms. The first-order valence-electron chi connectivity index (χ1n) is 4.58. The molecule has 0 saturated heterocycles. The van der Waals surface area contributed by atoms with Crippen molar-refractivity contribution in [2.45, 2.75) is 26.7 Å². The van der Waals surface area contributed by atoms with Crippen LogP contribution >= 0.6 is 0 Å². The summed E-state index contributed by atoms with van der Waals surface area (Å²) in [6.07, 6.45) is 3.70. The molecular formula is C9H14N4O. The maximum Gasteiger partial charge on any atom is 0.252 e. The Kier molecular flexibility index (Phi) is 3.84. The van der Waals surface area contributed by atoms with E-state index < -0.39 is 0 Å². The molecule has 1 aromatic heterocycles. The summed E-state index contributed by atoms with van der Waals surface area (Å²) < 4.78 is 0. The Bertz CT molecular complexity index is 369. The zero-order valence-corrected chi connectivity index (χ0v) is 8.37. The highest BCUT2D eigenvalue weighted by atomic mass is 16.1. The van der Waals surface area contributed by atoms with Crippen LogP contribution in [0.4, 0.5) is 5.95 Å². The lowest BCUT2D eigenvalue weighted by Gasteiger charge is -1.98. The minimum atomic E-state index is -0.175. The Balaban J connectivity index is 2.63. The van der Waals surface area contributed by atoms with E-state index in [1.165, 1.54) is 6.07 Å². The zero-order chi connectivity index (χ0) is 10.4. The van der Waals surface area contributed by atoms with Crippen LogP contribution in [0.1, 0.15) is 25.5 Å². The maximum absolute atomic E-state index is 11.0. The summed E-state index contributed by atoms with van der Waals surface area (Å²) in [5.74, 6) is 0.377. The van der Waals surface area contributed by atoms with E-state index in [-0.39, 0.29) is 5.56 Å². The van der Waals surface area contributed by atoms with Crippen LogP contribution in [0.25, 0.3) is 0 Å². The van der Waals surface area contributed by atoms with Crippen molar-refractivity contribution in [1.82, 2.24) is 9.97 Å². The van der Waals surface area contributed by atoms with Gasteiger partial charge in [0.25, 0.3) is 5.56 Å². The van der Waals surface area contributed by atoms with Crippen molar-refractivity contribution in [3.63, 3.8) is 0 Å². The normalized spacial score (nSPS) is 10.7. The van der Waals surface area contributed by atoms with Gasteiger partial charge in [0.15, 0.2) is 0 Å². The van der Waals surface area contributed by atoms with Gasteiger partial charge in [-0.1, -0.05) is 13.3 Å². The van der Waals surface area contributed by atoms with E-state index in [0.29, 0.717) is 11.6 Å². The number of anilines is 1. The number of aromatic nitrogens is 2. The molecule has 0 bridgehead atoms. The average molecular weight is 194 g/mol. The Morgan fingerprint density at radius 2 is 2.50 bits per heavy atom. The van der Waals surface area contributed by atoms with Gasteiger partial charge in [0.05, 0.1) is 0 Å². The summed E-state index contributed by atoms with van der Waals surface area (Å²) in [6, 6.07) is 1.43. The molecule has 0 aliphatic rings. The van der Waals surface area contributed by atoms with Crippen LogP contribution in [-0.4, -0.2) is 16.2 Å². The molecule has 1 aromatic rings. The van der Waals surface area contributed by atoms with Gasteiger partial charge >= 0.3 is 0 Å². The fraction of sp³-hybridized carbons (Fsp3) is 0.444. The van der Waals surface area contributed by atoms with E-state index >= 15 is 0 Å². The largest absolute Gasteiger partial charge is 0.291 e. The predicted octanol–water partition coefficient (Wildman–Crippen LogP) is 1.28. The lowest BCUT2D eigenvalue weighted by molar-refractivity contribution is 0.996. The van der Waals surface area contributed by atoms with Crippen LogP contribution in [0.3, 0.4) is 0 Å². The Morgan fingerprint density at radius 1 is 1.71 bits per heavy atom. The highest BCUT2D eigenvalue weighted by Crippen LogP contribution is 1.94. The van der Waals surface area contributed by atoms with Gasteiger partial charge in [0.2, 0.25) is 5.95 Å². The van der Waals surface area contributed by atoms with Crippen LogP contribution < -0.4 is 11.0 Å². The van der Waals surface area contributed by atoms with Crippen molar-refractivity contribution in [2.75, 3.05) is 5.43 Å². The summed E-state index contributed by atoms with van der Waals surface area (Å²) in [6.45, 7) is 3.83. The molecule has 0 saturated carbocycles. The summed E-state index contributed by atoms with van der Waals surface area (Å²) in [4.78, 5) is 17.6. The quantitative estimate of drug-likeness (QED) is 0.560. The number of aryl methyl sites for hydroxylation is 1. The van der Waals surface area contributed by atoms with Crippen LogP contribution in [0.15, 0.2) is 16.0 Å². The fourth-order valence-corrected chi connectivity index (χ4v) is 0.932. The molecule has 0 aromatic carbocycles. The molecule has 2 N–H and O–H groups in total. The number of aromatic amines is 1. The Hall–Kier alpha value is -1.65. The summed E-state index contributed by atoms with van der Waals surface area (Å²) in [7, 11) is 0. The first-order valence-corrected chi connectivity index (χ1v) is 4.58. The monoisotopic (exact) mass is 194 g/mol. The Labute approximate surface area is 82.3 Å². The summed E-state index contributed by atoms with van der Waals surface area (Å²) in [5.41, 5.74) is 3.16. The SMILES string of the molecule is CCC/C=N/Nc1nc(C)cc(=O)[nH]1. The smallest absolute Gasteiger partial charge is 0.252 e. The van der Waals surface area contributed by atoms with Crippen molar-refractivity contribution in [1.29, 1.82) is 0 Å². The lowest BCUT2D eigenvalue weighted by atomic mass is 10.4. The molecule has 1 heterocycles. The van der Waals surface area contributed by atoms with Crippen molar-refractivity contribution < 1.29 is 0 Å². The number of nitrogens with zero attached hydrogens (tertiary/aromatic N) is 2. The van der Waals surface area contributed by atoms with Crippen molar-refractivity contribution in [3.05, 3.63) is 22.1 Å². The minimum absolute atomic E-state index is 0.175. The predicted molar refractivity (Wildman–Crippen MR) is 56.6 cm³/mol. The second-order valence-electron chi connectivity index (χ2n) is 2.95. The van der Waals surface area contributed by atoms with Crippen LogP contribution in [0.2, 0.25) is 0 Å². The van der Waals surface area contributed by atoms with Crippen LogP contribution in [0, 0.1) is 6.92 Å². The second kappa shape index (κ2) is 5.16. The molecule has 14 heavy (non-hydrogen) atoms. The number of unbranched alkanes of at least 4 members (excludes halogenated alkanes) is 1. The highest BCUT2D eigenvalue weighted by molar-refractivity contribution is 5.58. The summed E-state index contributed by atoms with van der Waals surface area (Å²) >= 11 is 0.